The fourth-order valence-electron chi connectivity index (χ4n) is 1.23. The van der Waals surface area contributed by atoms with Crippen LogP contribution < -0.4 is 11.1 Å². The van der Waals surface area contributed by atoms with E-state index in [4.69, 9.17) is 10.5 Å². The van der Waals surface area contributed by atoms with Gasteiger partial charge in [-0.3, -0.25) is 9.48 Å². The Morgan fingerprint density at radius 2 is 2.28 bits per heavy atom. The van der Waals surface area contributed by atoms with E-state index in [-0.39, 0.29) is 30.3 Å². The number of rotatable bonds is 6. The van der Waals surface area contributed by atoms with Crippen LogP contribution in [0, 0.1) is 5.92 Å². The van der Waals surface area contributed by atoms with Gasteiger partial charge in [-0.2, -0.15) is 5.10 Å². The largest absolute Gasteiger partial charge is 0.383 e. The van der Waals surface area contributed by atoms with Crippen LogP contribution in [0.15, 0.2) is 12.4 Å². The van der Waals surface area contributed by atoms with E-state index >= 15 is 0 Å². The van der Waals surface area contributed by atoms with Gasteiger partial charge in [-0.25, -0.2) is 0 Å². The van der Waals surface area contributed by atoms with Gasteiger partial charge < -0.3 is 15.8 Å². The van der Waals surface area contributed by atoms with E-state index in [9.17, 15) is 4.79 Å². The van der Waals surface area contributed by atoms with Crippen LogP contribution in [-0.4, -0.2) is 35.4 Å². The van der Waals surface area contributed by atoms with Crippen molar-refractivity contribution < 1.29 is 9.53 Å². The molecule has 6 nitrogen and oxygen atoms in total. The van der Waals surface area contributed by atoms with Crippen LogP contribution in [0.3, 0.4) is 0 Å². The zero-order valence-electron chi connectivity index (χ0n) is 10.9. The van der Waals surface area contributed by atoms with E-state index in [0.29, 0.717) is 18.8 Å². The monoisotopic (exact) mass is 276 g/mol. The molecule has 0 aliphatic heterocycles. The van der Waals surface area contributed by atoms with E-state index in [1.54, 1.807) is 31.1 Å². The standard InChI is InChI=1S/C11H20N4O2.ClH/c1-8(9(2)12)11(16)14-10-6-13-15(7-10)4-5-17-3;/h6-9H,4-5,12H2,1-3H3,(H,14,16);1H. The third-order valence-electron chi connectivity index (χ3n) is 2.63. The first-order valence-corrected chi connectivity index (χ1v) is 5.62. The average molecular weight is 277 g/mol. The van der Waals surface area contributed by atoms with Gasteiger partial charge in [0.05, 0.1) is 31.0 Å². The Kier molecular flexibility index (Phi) is 7.58. The molecule has 1 aromatic heterocycles. The van der Waals surface area contributed by atoms with Crippen LogP contribution in [0.4, 0.5) is 5.69 Å². The number of halogens is 1. The summed E-state index contributed by atoms with van der Waals surface area (Å²) in [6.45, 7) is 4.86. The van der Waals surface area contributed by atoms with Crippen molar-refractivity contribution in [1.82, 2.24) is 9.78 Å². The maximum Gasteiger partial charge on any atom is 0.228 e. The average Bonchev–Trinajstić information content (AvgIpc) is 2.72. The van der Waals surface area contributed by atoms with Crippen molar-refractivity contribution in [3.63, 3.8) is 0 Å². The number of methoxy groups -OCH3 is 1. The van der Waals surface area contributed by atoms with Crippen molar-refractivity contribution in [2.24, 2.45) is 11.7 Å². The molecule has 0 aliphatic carbocycles. The van der Waals surface area contributed by atoms with Gasteiger partial charge >= 0.3 is 0 Å². The fraction of sp³-hybridized carbons (Fsp3) is 0.636. The molecule has 0 saturated heterocycles. The molecule has 3 N–H and O–H groups in total. The summed E-state index contributed by atoms with van der Waals surface area (Å²) >= 11 is 0. The van der Waals surface area contributed by atoms with Gasteiger partial charge in [0.25, 0.3) is 0 Å². The van der Waals surface area contributed by atoms with Crippen LogP contribution in [0.1, 0.15) is 13.8 Å². The molecular formula is C11H21ClN4O2. The van der Waals surface area contributed by atoms with Gasteiger partial charge in [0, 0.05) is 19.3 Å². The zero-order valence-corrected chi connectivity index (χ0v) is 11.7. The van der Waals surface area contributed by atoms with Crippen molar-refractivity contribution in [3.05, 3.63) is 12.4 Å². The third kappa shape index (κ3) is 5.03. The predicted molar refractivity (Wildman–Crippen MR) is 72.8 cm³/mol. The number of nitrogens with one attached hydrogen (secondary N) is 1. The summed E-state index contributed by atoms with van der Waals surface area (Å²) in [6, 6.07) is -0.168. The Balaban J connectivity index is 0.00000289. The number of anilines is 1. The topological polar surface area (TPSA) is 82.2 Å². The molecule has 1 amide bonds. The molecule has 1 rings (SSSR count). The summed E-state index contributed by atoms with van der Waals surface area (Å²) in [5, 5.41) is 6.88. The van der Waals surface area contributed by atoms with Gasteiger partial charge in [-0.05, 0) is 6.92 Å². The highest BCUT2D eigenvalue weighted by atomic mass is 35.5. The molecule has 0 bridgehead atoms. The van der Waals surface area contributed by atoms with E-state index < -0.39 is 0 Å². The van der Waals surface area contributed by atoms with Gasteiger partial charge in [0.1, 0.15) is 0 Å². The second-order valence-electron chi connectivity index (χ2n) is 4.12. The lowest BCUT2D eigenvalue weighted by Crippen LogP contribution is -2.34. The van der Waals surface area contributed by atoms with Crippen LogP contribution in [-0.2, 0) is 16.1 Å². The first-order chi connectivity index (χ1) is 8.04. The Labute approximate surface area is 113 Å². The molecule has 0 aromatic carbocycles. The van der Waals surface area contributed by atoms with Gasteiger partial charge in [0.2, 0.25) is 5.91 Å². The smallest absolute Gasteiger partial charge is 0.228 e. The van der Waals surface area contributed by atoms with Gasteiger partial charge in [-0.15, -0.1) is 12.4 Å². The Hall–Kier alpha value is -1.11. The highest BCUT2D eigenvalue weighted by molar-refractivity contribution is 5.92. The lowest BCUT2D eigenvalue weighted by molar-refractivity contribution is -0.119. The van der Waals surface area contributed by atoms with Crippen LogP contribution in [0.5, 0.6) is 0 Å². The third-order valence-corrected chi connectivity index (χ3v) is 2.63. The number of carbonyl (C=O) groups excluding carboxylic acids is 1. The lowest BCUT2D eigenvalue weighted by atomic mass is 10.0. The zero-order chi connectivity index (χ0) is 12.8. The van der Waals surface area contributed by atoms with Crippen molar-refractivity contribution in [1.29, 1.82) is 0 Å². The molecule has 2 unspecified atom stereocenters. The molecular weight excluding hydrogens is 256 g/mol. The Morgan fingerprint density at radius 3 is 2.83 bits per heavy atom. The molecule has 0 saturated carbocycles. The molecule has 0 aliphatic rings. The van der Waals surface area contributed by atoms with Crippen LogP contribution in [0.25, 0.3) is 0 Å². The minimum absolute atomic E-state index is 0. The minimum Gasteiger partial charge on any atom is -0.383 e. The highest BCUT2D eigenvalue weighted by Crippen LogP contribution is 2.08. The van der Waals surface area contributed by atoms with Crippen molar-refractivity contribution in [2.75, 3.05) is 19.0 Å². The van der Waals surface area contributed by atoms with Gasteiger partial charge in [-0.1, -0.05) is 6.92 Å². The number of nitrogens with zero attached hydrogens (tertiary/aromatic N) is 2. The number of amides is 1. The lowest BCUT2D eigenvalue weighted by Gasteiger charge is -2.14. The number of carbonyl (C=O) groups is 1. The fourth-order valence-corrected chi connectivity index (χ4v) is 1.23. The number of nitrogens with two attached hydrogens (primary N) is 1. The minimum atomic E-state index is -0.225. The first-order valence-electron chi connectivity index (χ1n) is 5.62. The molecule has 0 fully saturated rings. The molecule has 2 atom stereocenters. The van der Waals surface area contributed by atoms with E-state index in [1.807, 2.05) is 6.92 Å². The summed E-state index contributed by atoms with van der Waals surface area (Å²) in [5.41, 5.74) is 6.34. The van der Waals surface area contributed by atoms with Crippen LogP contribution >= 0.6 is 12.4 Å². The summed E-state index contributed by atoms with van der Waals surface area (Å²) < 4.78 is 6.66. The van der Waals surface area contributed by atoms with Crippen LogP contribution in [0.2, 0.25) is 0 Å². The Bertz CT molecular complexity index is 368. The van der Waals surface area contributed by atoms with Crippen molar-refractivity contribution in [2.45, 2.75) is 26.4 Å². The Morgan fingerprint density at radius 1 is 1.61 bits per heavy atom. The maximum absolute atomic E-state index is 11.7. The molecule has 1 aromatic rings. The first kappa shape index (κ1) is 16.9. The predicted octanol–water partition coefficient (Wildman–Crippen LogP) is 0.873. The maximum atomic E-state index is 11.7. The molecule has 0 radical (unpaired) electrons. The summed E-state index contributed by atoms with van der Waals surface area (Å²) in [5.74, 6) is -0.316. The summed E-state index contributed by atoms with van der Waals surface area (Å²) in [4.78, 5) is 11.7. The number of hydrogen-bond acceptors (Lipinski definition) is 4. The van der Waals surface area contributed by atoms with Crippen molar-refractivity contribution in [3.8, 4) is 0 Å². The second kappa shape index (κ2) is 8.07. The van der Waals surface area contributed by atoms with E-state index in [1.165, 1.54) is 0 Å². The SMILES string of the molecule is COCCn1cc(NC(=O)C(C)C(C)N)cn1.Cl. The van der Waals surface area contributed by atoms with E-state index in [0.717, 1.165) is 0 Å². The summed E-state index contributed by atoms with van der Waals surface area (Å²) in [6.07, 6.45) is 3.38. The molecule has 7 heteroatoms. The molecule has 104 valence electrons. The van der Waals surface area contributed by atoms with Gasteiger partial charge in [0.15, 0.2) is 0 Å². The quantitative estimate of drug-likeness (QED) is 0.808. The molecule has 1 heterocycles. The second-order valence-corrected chi connectivity index (χ2v) is 4.12. The highest BCUT2D eigenvalue weighted by Gasteiger charge is 2.17. The van der Waals surface area contributed by atoms with Crippen molar-refractivity contribution >= 4 is 24.0 Å². The molecule has 0 spiro atoms. The molecule has 18 heavy (non-hydrogen) atoms. The number of aromatic nitrogens is 2. The summed E-state index contributed by atoms with van der Waals surface area (Å²) in [7, 11) is 1.64. The number of hydrogen-bond donors (Lipinski definition) is 2. The van der Waals surface area contributed by atoms with E-state index in [2.05, 4.69) is 10.4 Å². The normalized spacial score (nSPS) is 13.6. The number of ether oxygens (including phenoxy) is 1.